The van der Waals surface area contributed by atoms with E-state index in [0.29, 0.717) is 30.8 Å². The molecular formula is C16H21F3N2O3. The first-order chi connectivity index (χ1) is 11.4. The number of rotatable bonds is 6. The van der Waals surface area contributed by atoms with Crippen LogP contribution in [0.1, 0.15) is 23.2 Å². The van der Waals surface area contributed by atoms with Gasteiger partial charge >= 0.3 is 6.18 Å². The molecule has 1 heterocycles. The first-order valence-corrected chi connectivity index (χ1v) is 7.81. The Kier molecular flexibility index (Phi) is 6.44. The second kappa shape index (κ2) is 8.34. The van der Waals surface area contributed by atoms with Crippen LogP contribution >= 0.6 is 0 Å². The Balaban J connectivity index is 1.91. The fraction of sp³-hybridized carbons (Fsp3) is 0.562. The first-order valence-electron chi connectivity index (χ1n) is 7.81. The maximum absolute atomic E-state index is 12.6. The van der Waals surface area contributed by atoms with Crippen molar-refractivity contribution in [3.8, 4) is 0 Å². The lowest BCUT2D eigenvalue weighted by atomic mass is 10.1. The zero-order valence-corrected chi connectivity index (χ0v) is 13.2. The normalized spacial score (nSPS) is 18.5. The van der Waals surface area contributed by atoms with E-state index in [4.69, 9.17) is 0 Å². The highest BCUT2D eigenvalue weighted by molar-refractivity contribution is 5.99. The molecule has 1 aromatic rings. The van der Waals surface area contributed by atoms with E-state index in [1.807, 2.05) is 0 Å². The number of piperidine rings is 1. The summed E-state index contributed by atoms with van der Waals surface area (Å²) in [6.45, 7) is -0.380. The van der Waals surface area contributed by atoms with E-state index in [1.165, 1.54) is 0 Å². The molecule has 1 aliphatic heterocycles. The molecule has 0 spiro atoms. The van der Waals surface area contributed by atoms with Gasteiger partial charge in [-0.15, -0.1) is 0 Å². The Bertz CT molecular complexity index is 552. The molecule has 0 bridgehead atoms. The molecule has 1 unspecified atom stereocenters. The number of para-hydroxylation sites is 1. The molecule has 0 saturated carbocycles. The summed E-state index contributed by atoms with van der Waals surface area (Å²) in [5, 5.41) is 12.6. The Morgan fingerprint density at radius 3 is 2.83 bits per heavy atom. The highest BCUT2D eigenvalue weighted by Gasteiger charge is 2.27. The number of likely N-dealkylation sites (tertiary alicyclic amines) is 1. The maximum atomic E-state index is 12.6. The smallest absolute Gasteiger partial charge is 0.391 e. The van der Waals surface area contributed by atoms with Crippen LogP contribution in [0.5, 0.6) is 0 Å². The number of ether oxygens (including phenoxy) is 1. The van der Waals surface area contributed by atoms with Crippen molar-refractivity contribution in [3.63, 3.8) is 0 Å². The van der Waals surface area contributed by atoms with Crippen LogP contribution in [0.25, 0.3) is 0 Å². The van der Waals surface area contributed by atoms with E-state index >= 15 is 0 Å². The van der Waals surface area contributed by atoms with E-state index in [9.17, 15) is 23.1 Å². The molecule has 1 aromatic carbocycles. The minimum atomic E-state index is -4.34. The molecule has 5 nitrogen and oxygen atoms in total. The third kappa shape index (κ3) is 5.68. The van der Waals surface area contributed by atoms with Gasteiger partial charge in [-0.2, -0.15) is 13.2 Å². The van der Waals surface area contributed by atoms with Crippen molar-refractivity contribution in [2.75, 3.05) is 38.2 Å². The Hall–Kier alpha value is -1.80. The van der Waals surface area contributed by atoms with Crippen molar-refractivity contribution in [2.45, 2.75) is 25.1 Å². The van der Waals surface area contributed by atoms with E-state index < -0.39 is 18.9 Å². The molecule has 1 atom stereocenters. The Morgan fingerprint density at radius 2 is 2.12 bits per heavy atom. The van der Waals surface area contributed by atoms with E-state index in [0.717, 1.165) is 6.42 Å². The second-order valence-electron chi connectivity index (χ2n) is 5.69. The molecule has 1 fully saturated rings. The molecular weight excluding hydrogens is 325 g/mol. The molecule has 1 aliphatic rings. The highest BCUT2D eigenvalue weighted by Crippen LogP contribution is 2.20. The van der Waals surface area contributed by atoms with E-state index in [-0.39, 0.29) is 19.1 Å². The molecule has 2 N–H and O–H groups in total. The maximum Gasteiger partial charge on any atom is 0.411 e. The largest absolute Gasteiger partial charge is 0.411 e. The lowest BCUT2D eigenvalue weighted by molar-refractivity contribution is -0.172. The lowest BCUT2D eigenvalue weighted by Crippen LogP contribution is -2.42. The van der Waals surface area contributed by atoms with Crippen LogP contribution in [0, 0.1) is 0 Å². The van der Waals surface area contributed by atoms with Crippen molar-refractivity contribution < 1.29 is 27.8 Å². The van der Waals surface area contributed by atoms with Gasteiger partial charge in [0.2, 0.25) is 0 Å². The minimum absolute atomic E-state index is 0.121. The van der Waals surface area contributed by atoms with Gasteiger partial charge in [0.05, 0.1) is 18.3 Å². The van der Waals surface area contributed by atoms with Gasteiger partial charge in [-0.05, 0) is 25.0 Å². The monoisotopic (exact) mass is 346 g/mol. The van der Waals surface area contributed by atoms with Crippen molar-refractivity contribution in [1.82, 2.24) is 4.90 Å². The van der Waals surface area contributed by atoms with Crippen molar-refractivity contribution in [1.29, 1.82) is 0 Å². The standard InChI is InChI=1S/C16H21F3N2O3/c17-16(18,19)11-24-9-7-20-14-6-2-1-5-13(14)15(23)21-8-3-4-12(22)10-21/h1-2,5-6,12,20,22H,3-4,7-11H2. The summed E-state index contributed by atoms with van der Waals surface area (Å²) in [6.07, 6.45) is -3.43. The van der Waals surface area contributed by atoms with E-state index in [1.54, 1.807) is 29.2 Å². The Morgan fingerprint density at radius 1 is 1.38 bits per heavy atom. The van der Waals surface area contributed by atoms with Gasteiger partial charge in [-0.25, -0.2) is 0 Å². The zero-order chi connectivity index (χ0) is 17.6. The molecule has 8 heteroatoms. The number of carbonyl (C=O) groups excluding carboxylic acids is 1. The van der Waals surface area contributed by atoms with Crippen LogP contribution in [0.2, 0.25) is 0 Å². The number of halogens is 3. The van der Waals surface area contributed by atoms with Crippen molar-refractivity contribution in [2.24, 2.45) is 0 Å². The van der Waals surface area contributed by atoms with E-state index in [2.05, 4.69) is 10.1 Å². The average Bonchev–Trinajstić information content (AvgIpc) is 2.53. The number of benzene rings is 1. The quantitative estimate of drug-likeness (QED) is 0.776. The number of carbonyl (C=O) groups is 1. The summed E-state index contributed by atoms with van der Waals surface area (Å²) in [4.78, 5) is 14.2. The summed E-state index contributed by atoms with van der Waals surface area (Å²) in [7, 11) is 0. The molecule has 24 heavy (non-hydrogen) atoms. The van der Waals surface area contributed by atoms with Crippen molar-refractivity contribution >= 4 is 11.6 Å². The number of aliphatic hydroxyl groups is 1. The number of amides is 1. The van der Waals surface area contributed by atoms with Gasteiger partial charge in [0, 0.05) is 25.3 Å². The predicted octanol–water partition coefficient (Wildman–Crippen LogP) is 2.27. The van der Waals surface area contributed by atoms with Crippen LogP contribution in [0.4, 0.5) is 18.9 Å². The van der Waals surface area contributed by atoms with Gasteiger partial charge in [0.25, 0.3) is 5.91 Å². The SMILES string of the molecule is O=C(c1ccccc1NCCOCC(F)(F)F)N1CCCC(O)C1. The van der Waals surface area contributed by atoms with Gasteiger partial charge in [0.15, 0.2) is 0 Å². The number of nitrogens with one attached hydrogen (secondary N) is 1. The highest BCUT2D eigenvalue weighted by atomic mass is 19.4. The second-order valence-corrected chi connectivity index (χ2v) is 5.69. The molecule has 2 rings (SSSR count). The van der Waals surface area contributed by atoms with Crippen LogP contribution in [-0.2, 0) is 4.74 Å². The average molecular weight is 346 g/mol. The number of hydrogen-bond acceptors (Lipinski definition) is 4. The van der Waals surface area contributed by atoms with Gasteiger partial charge in [-0.1, -0.05) is 12.1 Å². The predicted molar refractivity (Wildman–Crippen MR) is 83.0 cm³/mol. The number of hydrogen-bond donors (Lipinski definition) is 2. The topological polar surface area (TPSA) is 61.8 Å². The van der Waals surface area contributed by atoms with Gasteiger partial charge < -0.3 is 20.1 Å². The molecule has 0 aliphatic carbocycles. The number of anilines is 1. The number of aliphatic hydroxyl groups excluding tert-OH is 1. The molecule has 1 amide bonds. The summed E-state index contributed by atoms with van der Waals surface area (Å²) in [5.41, 5.74) is 0.973. The number of nitrogens with zero attached hydrogens (tertiary/aromatic N) is 1. The molecule has 1 saturated heterocycles. The third-order valence-electron chi connectivity index (χ3n) is 3.67. The molecule has 0 radical (unpaired) electrons. The summed E-state index contributed by atoms with van der Waals surface area (Å²) < 4.78 is 40.5. The first kappa shape index (κ1) is 18.5. The van der Waals surface area contributed by atoms with Crippen LogP contribution in [-0.4, -0.2) is 61.0 Å². The van der Waals surface area contributed by atoms with Crippen molar-refractivity contribution in [3.05, 3.63) is 29.8 Å². The van der Waals surface area contributed by atoms with Crippen LogP contribution in [0.15, 0.2) is 24.3 Å². The molecule has 134 valence electrons. The van der Waals surface area contributed by atoms with Crippen LogP contribution < -0.4 is 5.32 Å². The van der Waals surface area contributed by atoms with Gasteiger partial charge in [-0.3, -0.25) is 4.79 Å². The summed E-state index contributed by atoms with van der Waals surface area (Å²) >= 11 is 0. The van der Waals surface area contributed by atoms with Gasteiger partial charge in [0.1, 0.15) is 6.61 Å². The minimum Gasteiger partial charge on any atom is -0.391 e. The fourth-order valence-electron chi connectivity index (χ4n) is 2.58. The van der Waals surface area contributed by atoms with Crippen LogP contribution in [0.3, 0.4) is 0 Å². The molecule has 0 aromatic heterocycles. The third-order valence-corrected chi connectivity index (χ3v) is 3.67. The summed E-state index contributed by atoms with van der Waals surface area (Å²) in [6, 6.07) is 6.80. The lowest BCUT2D eigenvalue weighted by Gasteiger charge is -2.30. The number of β-amino-alcohol motifs (C(OH)–C–C–N with tert-alkyl or cyclic N) is 1. The fourth-order valence-corrected chi connectivity index (χ4v) is 2.58. The number of alkyl halides is 3. The zero-order valence-electron chi connectivity index (χ0n) is 13.2. The Labute approximate surface area is 138 Å². The summed E-state index contributed by atoms with van der Waals surface area (Å²) in [5.74, 6) is -0.201.